The summed E-state index contributed by atoms with van der Waals surface area (Å²) in [6.45, 7) is 1.90. The lowest BCUT2D eigenvalue weighted by Gasteiger charge is -2.30. The number of benzene rings is 2. The minimum absolute atomic E-state index is 0.0103. The molecule has 0 fully saturated rings. The van der Waals surface area contributed by atoms with Crippen molar-refractivity contribution >= 4 is 11.4 Å². The molecule has 4 N–H and O–H groups in total. The van der Waals surface area contributed by atoms with E-state index in [0.29, 0.717) is 12.8 Å². The Labute approximate surface area is 128 Å². The molecule has 0 spiro atoms. The Morgan fingerprint density at radius 2 is 1.86 bits per heavy atom. The Hall–Kier alpha value is -2.60. The van der Waals surface area contributed by atoms with E-state index < -0.39 is 10.6 Å². The van der Waals surface area contributed by atoms with Gasteiger partial charge in [0.2, 0.25) is 0 Å². The topological polar surface area (TPSA) is 104 Å². The van der Waals surface area contributed by atoms with Crippen LogP contribution < -0.4 is 16.2 Å². The van der Waals surface area contributed by atoms with Gasteiger partial charge in [0.05, 0.1) is 4.92 Å². The maximum absolute atomic E-state index is 10.9. The molecule has 0 bridgehead atoms. The number of rotatable bonds is 6. The van der Waals surface area contributed by atoms with E-state index >= 15 is 0 Å². The van der Waals surface area contributed by atoms with Crippen LogP contribution >= 0.6 is 0 Å². The zero-order valence-corrected chi connectivity index (χ0v) is 12.4. The van der Waals surface area contributed by atoms with Crippen LogP contribution in [-0.4, -0.2) is 10.6 Å². The predicted octanol–water partition coefficient (Wildman–Crippen LogP) is 2.86. The molecule has 0 aliphatic rings. The van der Waals surface area contributed by atoms with Gasteiger partial charge in [0, 0.05) is 12.5 Å². The van der Waals surface area contributed by atoms with Gasteiger partial charge in [-0.25, -0.2) is 0 Å². The Morgan fingerprint density at radius 1 is 1.18 bits per heavy atom. The van der Waals surface area contributed by atoms with Gasteiger partial charge in [-0.1, -0.05) is 43.3 Å². The fraction of sp³-hybridized carbons (Fsp3) is 0.250. The van der Waals surface area contributed by atoms with Gasteiger partial charge in [0.15, 0.2) is 17.2 Å². The van der Waals surface area contributed by atoms with Gasteiger partial charge < -0.3 is 10.5 Å². The lowest BCUT2D eigenvalue weighted by atomic mass is 10.0. The van der Waals surface area contributed by atoms with Gasteiger partial charge in [-0.2, -0.15) is 0 Å². The standard InChI is InChI=1S/C16H19N3O3/c1-2-16(18,11-12-7-4-3-5-8-12)22-14-10-6-9-13(15(14)17)19(20)21/h3-10H,2,11,17-18H2,1H3. The van der Waals surface area contributed by atoms with E-state index in [1.165, 1.54) is 12.1 Å². The lowest BCUT2D eigenvalue weighted by molar-refractivity contribution is -0.384. The van der Waals surface area contributed by atoms with Crippen LogP contribution in [-0.2, 0) is 6.42 Å². The Balaban J connectivity index is 2.26. The summed E-state index contributed by atoms with van der Waals surface area (Å²) in [4.78, 5) is 10.4. The van der Waals surface area contributed by atoms with Gasteiger partial charge in [0.25, 0.3) is 5.69 Å². The molecule has 0 aliphatic heterocycles. The average Bonchev–Trinajstić information content (AvgIpc) is 2.50. The number of para-hydroxylation sites is 1. The minimum Gasteiger partial charge on any atom is -0.470 e. The smallest absolute Gasteiger partial charge is 0.295 e. The van der Waals surface area contributed by atoms with Crippen molar-refractivity contribution < 1.29 is 9.66 Å². The van der Waals surface area contributed by atoms with E-state index in [-0.39, 0.29) is 17.1 Å². The molecular weight excluding hydrogens is 282 g/mol. The molecule has 0 radical (unpaired) electrons. The van der Waals surface area contributed by atoms with E-state index in [1.807, 2.05) is 37.3 Å². The molecule has 2 aromatic carbocycles. The lowest BCUT2D eigenvalue weighted by Crippen LogP contribution is -2.47. The van der Waals surface area contributed by atoms with Crippen LogP contribution in [0.1, 0.15) is 18.9 Å². The van der Waals surface area contributed by atoms with E-state index in [1.54, 1.807) is 6.07 Å². The van der Waals surface area contributed by atoms with E-state index in [0.717, 1.165) is 5.56 Å². The summed E-state index contributed by atoms with van der Waals surface area (Å²) in [5.41, 5.74) is 12.0. The van der Waals surface area contributed by atoms with Crippen molar-refractivity contribution in [3.05, 3.63) is 64.2 Å². The molecule has 116 valence electrons. The summed E-state index contributed by atoms with van der Waals surface area (Å²) in [6.07, 6.45) is 1.01. The number of hydrogen-bond donors (Lipinski definition) is 2. The first-order chi connectivity index (χ1) is 10.4. The number of nitrogens with two attached hydrogens (primary N) is 2. The first-order valence-corrected chi connectivity index (χ1v) is 7.00. The molecule has 0 saturated heterocycles. The fourth-order valence-corrected chi connectivity index (χ4v) is 2.17. The number of nitrogen functional groups attached to an aromatic ring is 1. The van der Waals surface area contributed by atoms with Gasteiger partial charge in [-0.3, -0.25) is 15.8 Å². The molecule has 2 rings (SSSR count). The van der Waals surface area contributed by atoms with Crippen molar-refractivity contribution in [2.45, 2.75) is 25.5 Å². The molecule has 0 aliphatic carbocycles. The maximum Gasteiger partial charge on any atom is 0.295 e. The Kier molecular flexibility index (Phi) is 4.62. The van der Waals surface area contributed by atoms with Crippen LogP contribution in [0.2, 0.25) is 0 Å². The van der Waals surface area contributed by atoms with E-state index in [9.17, 15) is 10.1 Å². The average molecular weight is 301 g/mol. The van der Waals surface area contributed by atoms with Crippen LogP contribution in [0.4, 0.5) is 11.4 Å². The highest BCUT2D eigenvalue weighted by Crippen LogP contribution is 2.33. The minimum atomic E-state index is -0.981. The summed E-state index contributed by atoms with van der Waals surface area (Å²) in [5, 5.41) is 10.9. The molecular formula is C16H19N3O3. The number of nitro benzene ring substituents is 1. The second-order valence-electron chi connectivity index (χ2n) is 5.13. The fourth-order valence-electron chi connectivity index (χ4n) is 2.17. The molecule has 0 heterocycles. The van der Waals surface area contributed by atoms with Crippen molar-refractivity contribution in [3.63, 3.8) is 0 Å². The Bertz CT molecular complexity index is 661. The largest absolute Gasteiger partial charge is 0.470 e. The van der Waals surface area contributed by atoms with Gasteiger partial charge in [-0.05, 0) is 18.1 Å². The maximum atomic E-state index is 10.9. The highest BCUT2D eigenvalue weighted by molar-refractivity contribution is 5.66. The van der Waals surface area contributed by atoms with Crippen LogP contribution in [0, 0.1) is 10.1 Å². The third-order valence-electron chi connectivity index (χ3n) is 3.50. The summed E-state index contributed by atoms with van der Waals surface area (Å²) in [7, 11) is 0. The molecule has 1 atom stereocenters. The SMILES string of the molecule is CCC(N)(Cc1ccccc1)Oc1cccc([N+](=O)[O-])c1N. The number of hydrogen-bond acceptors (Lipinski definition) is 5. The molecule has 6 heteroatoms. The molecule has 2 aromatic rings. The number of ether oxygens (including phenoxy) is 1. The molecule has 22 heavy (non-hydrogen) atoms. The second kappa shape index (κ2) is 6.44. The molecule has 0 amide bonds. The van der Waals surface area contributed by atoms with Crippen molar-refractivity contribution in [3.8, 4) is 5.75 Å². The molecule has 0 aromatic heterocycles. The normalized spacial score (nSPS) is 13.4. The van der Waals surface area contributed by atoms with Crippen molar-refractivity contribution in [1.82, 2.24) is 0 Å². The zero-order valence-electron chi connectivity index (χ0n) is 12.4. The van der Waals surface area contributed by atoms with Crippen LogP contribution in [0.15, 0.2) is 48.5 Å². The quantitative estimate of drug-likeness (QED) is 0.369. The number of nitrogens with zero attached hydrogens (tertiary/aromatic N) is 1. The molecule has 6 nitrogen and oxygen atoms in total. The van der Waals surface area contributed by atoms with Crippen LogP contribution in [0.3, 0.4) is 0 Å². The van der Waals surface area contributed by atoms with Crippen molar-refractivity contribution in [2.24, 2.45) is 5.73 Å². The molecule has 1 unspecified atom stereocenters. The van der Waals surface area contributed by atoms with E-state index in [2.05, 4.69) is 0 Å². The number of anilines is 1. The van der Waals surface area contributed by atoms with Crippen molar-refractivity contribution in [2.75, 3.05) is 5.73 Å². The summed E-state index contributed by atoms with van der Waals surface area (Å²) < 4.78 is 5.83. The first kappa shape index (κ1) is 15.8. The Morgan fingerprint density at radius 3 is 2.45 bits per heavy atom. The summed E-state index contributed by atoms with van der Waals surface area (Å²) in [6, 6.07) is 14.1. The second-order valence-corrected chi connectivity index (χ2v) is 5.13. The first-order valence-electron chi connectivity index (χ1n) is 7.00. The highest BCUT2D eigenvalue weighted by Gasteiger charge is 2.28. The van der Waals surface area contributed by atoms with E-state index in [4.69, 9.17) is 16.2 Å². The van der Waals surface area contributed by atoms with Gasteiger partial charge in [-0.15, -0.1) is 0 Å². The van der Waals surface area contributed by atoms with Gasteiger partial charge in [0.1, 0.15) is 0 Å². The number of nitro groups is 1. The summed E-state index contributed by atoms with van der Waals surface area (Å²) in [5.74, 6) is 0.231. The molecule has 0 saturated carbocycles. The monoisotopic (exact) mass is 301 g/mol. The zero-order chi connectivity index (χ0) is 16.2. The van der Waals surface area contributed by atoms with Gasteiger partial charge >= 0.3 is 0 Å². The van der Waals surface area contributed by atoms with Crippen LogP contribution in [0.5, 0.6) is 5.75 Å². The third-order valence-corrected chi connectivity index (χ3v) is 3.50. The third kappa shape index (κ3) is 3.53. The van der Waals surface area contributed by atoms with Crippen molar-refractivity contribution in [1.29, 1.82) is 0 Å². The predicted molar refractivity (Wildman–Crippen MR) is 85.5 cm³/mol. The summed E-state index contributed by atoms with van der Waals surface area (Å²) >= 11 is 0. The highest BCUT2D eigenvalue weighted by atomic mass is 16.6. The van der Waals surface area contributed by atoms with Crippen LogP contribution in [0.25, 0.3) is 0 Å².